The molecule has 94 valence electrons. The monoisotopic (exact) mass is 245 g/mol. The lowest BCUT2D eigenvalue weighted by Gasteiger charge is -2.12. The zero-order chi connectivity index (χ0) is 13.1. The number of anilines is 1. The molecule has 0 radical (unpaired) electrons. The van der Waals surface area contributed by atoms with Crippen LogP contribution in [0.2, 0.25) is 0 Å². The average Bonchev–Trinajstić information content (AvgIpc) is 2.76. The van der Waals surface area contributed by atoms with Gasteiger partial charge in [-0.1, -0.05) is 18.2 Å². The van der Waals surface area contributed by atoms with Crippen LogP contribution in [-0.4, -0.2) is 11.0 Å². The van der Waals surface area contributed by atoms with E-state index in [-0.39, 0.29) is 11.7 Å². The van der Waals surface area contributed by atoms with E-state index < -0.39 is 6.10 Å². The van der Waals surface area contributed by atoms with Crippen LogP contribution in [0.4, 0.5) is 5.69 Å². The fourth-order valence-corrected chi connectivity index (χ4v) is 1.72. The summed E-state index contributed by atoms with van der Waals surface area (Å²) in [4.78, 5) is 11.9. The Bertz CT molecular complexity index is 558. The van der Waals surface area contributed by atoms with Crippen molar-refractivity contribution in [3.8, 4) is 0 Å². The van der Waals surface area contributed by atoms with Crippen molar-refractivity contribution in [2.75, 3.05) is 5.32 Å². The zero-order valence-electron chi connectivity index (χ0n) is 10.3. The molecule has 1 atom stereocenters. The first kappa shape index (κ1) is 12.4. The first-order valence-electron chi connectivity index (χ1n) is 5.72. The highest BCUT2D eigenvalue weighted by Crippen LogP contribution is 2.23. The molecule has 0 saturated carbocycles. The first-order chi connectivity index (χ1) is 8.58. The Morgan fingerprint density at radius 1 is 1.28 bits per heavy atom. The Labute approximate surface area is 105 Å². The molecule has 0 aliphatic heterocycles. The minimum Gasteiger partial charge on any atom is -0.456 e. The molecule has 0 fully saturated rings. The van der Waals surface area contributed by atoms with Gasteiger partial charge in [0.1, 0.15) is 5.76 Å². The number of nitrogens with one attached hydrogen (secondary N) is 1. The summed E-state index contributed by atoms with van der Waals surface area (Å²) in [6, 6.07) is 10.5. The lowest BCUT2D eigenvalue weighted by Crippen LogP contribution is -2.13. The summed E-state index contributed by atoms with van der Waals surface area (Å²) >= 11 is 0. The normalized spacial score (nSPS) is 12.2. The van der Waals surface area contributed by atoms with Crippen LogP contribution in [0.3, 0.4) is 0 Å². The van der Waals surface area contributed by atoms with Crippen LogP contribution in [0.25, 0.3) is 0 Å². The van der Waals surface area contributed by atoms with E-state index in [4.69, 9.17) is 4.42 Å². The average molecular weight is 245 g/mol. The van der Waals surface area contributed by atoms with Crippen molar-refractivity contribution in [3.63, 3.8) is 0 Å². The second-order valence-corrected chi connectivity index (χ2v) is 4.13. The van der Waals surface area contributed by atoms with Gasteiger partial charge in [-0.3, -0.25) is 4.79 Å². The minimum absolute atomic E-state index is 0.257. The van der Waals surface area contributed by atoms with Crippen molar-refractivity contribution in [3.05, 3.63) is 53.5 Å². The topological polar surface area (TPSA) is 62.5 Å². The molecule has 0 saturated heterocycles. The molecule has 2 rings (SSSR count). The minimum atomic E-state index is -0.639. The maximum atomic E-state index is 11.9. The second-order valence-electron chi connectivity index (χ2n) is 4.13. The molecule has 1 aromatic carbocycles. The molecule has 0 aliphatic rings. The third kappa shape index (κ3) is 2.60. The summed E-state index contributed by atoms with van der Waals surface area (Å²) in [7, 11) is 0. The summed E-state index contributed by atoms with van der Waals surface area (Å²) in [6.07, 6.45) is -0.639. The van der Waals surface area contributed by atoms with E-state index in [0.29, 0.717) is 17.0 Å². The summed E-state index contributed by atoms with van der Waals surface area (Å²) in [6.45, 7) is 3.43. The Morgan fingerprint density at radius 2 is 2.00 bits per heavy atom. The van der Waals surface area contributed by atoms with Crippen LogP contribution >= 0.6 is 0 Å². The molecule has 4 heteroatoms. The van der Waals surface area contributed by atoms with Crippen LogP contribution < -0.4 is 5.32 Å². The second kappa shape index (κ2) is 5.06. The fourth-order valence-electron chi connectivity index (χ4n) is 1.72. The molecule has 1 amide bonds. The number of furan rings is 1. The van der Waals surface area contributed by atoms with Crippen molar-refractivity contribution in [2.24, 2.45) is 0 Å². The van der Waals surface area contributed by atoms with Crippen LogP contribution in [0.5, 0.6) is 0 Å². The number of aliphatic hydroxyl groups is 1. The van der Waals surface area contributed by atoms with E-state index >= 15 is 0 Å². The first-order valence-corrected chi connectivity index (χ1v) is 5.72. The number of para-hydroxylation sites is 1. The maximum Gasteiger partial charge on any atom is 0.291 e. The van der Waals surface area contributed by atoms with E-state index in [2.05, 4.69) is 5.32 Å². The van der Waals surface area contributed by atoms with Gasteiger partial charge in [0.05, 0.1) is 6.10 Å². The van der Waals surface area contributed by atoms with Gasteiger partial charge in [0.2, 0.25) is 0 Å². The summed E-state index contributed by atoms with van der Waals surface area (Å²) in [5, 5.41) is 12.3. The highest BCUT2D eigenvalue weighted by molar-refractivity contribution is 6.02. The van der Waals surface area contributed by atoms with Gasteiger partial charge in [0.15, 0.2) is 5.76 Å². The van der Waals surface area contributed by atoms with Crippen molar-refractivity contribution in [1.82, 2.24) is 0 Å². The van der Waals surface area contributed by atoms with Crippen LogP contribution in [0, 0.1) is 6.92 Å². The third-order valence-corrected chi connectivity index (χ3v) is 2.62. The fraction of sp³-hybridized carbons (Fsp3) is 0.214. The molecule has 1 unspecified atom stereocenters. The highest BCUT2D eigenvalue weighted by atomic mass is 16.3. The van der Waals surface area contributed by atoms with E-state index in [1.807, 2.05) is 6.07 Å². The smallest absolute Gasteiger partial charge is 0.291 e. The molecule has 2 N–H and O–H groups in total. The van der Waals surface area contributed by atoms with Gasteiger partial charge < -0.3 is 14.8 Å². The quantitative estimate of drug-likeness (QED) is 0.874. The molecule has 1 aromatic heterocycles. The molecule has 0 aliphatic carbocycles. The van der Waals surface area contributed by atoms with Crippen molar-refractivity contribution in [1.29, 1.82) is 0 Å². The third-order valence-electron chi connectivity index (χ3n) is 2.62. The van der Waals surface area contributed by atoms with Gasteiger partial charge in [-0.15, -0.1) is 0 Å². The molecule has 0 spiro atoms. The van der Waals surface area contributed by atoms with Crippen molar-refractivity contribution < 1.29 is 14.3 Å². The highest BCUT2D eigenvalue weighted by Gasteiger charge is 2.13. The summed E-state index contributed by atoms with van der Waals surface area (Å²) in [5.41, 5.74) is 1.26. The summed E-state index contributed by atoms with van der Waals surface area (Å²) in [5.74, 6) is 0.619. The number of rotatable bonds is 3. The van der Waals surface area contributed by atoms with Gasteiger partial charge in [0.25, 0.3) is 5.91 Å². The number of carbonyl (C=O) groups is 1. The molecule has 18 heavy (non-hydrogen) atoms. The molecule has 1 heterocycles. The molecule has 2 aromatic rings. The van der Waals surface area contributed by atoms with E-state index in [0.717, 1.165) is 0 Å². The standard InChI is InChI=1S/C14H15NO3/c1-9-7-8-13(18-9)14(17)15-12-6-4-3-5-11(12)10(2)16/h3-8,10,16H,1-2H3,(H,15,17). The maximum absolute atomic E-state index is 11.9. The number of hydrogen-bond acceptors (Lipinski definition) is 3. The van der Waals surface area contributed by atoms with Crippen LogP contribution in [-0.2, 0) is 0 Å². The van der Waals surface area contributed by atoms with Gasteiger partial charge in [-0.25, -0.2) is 0 Å². The summed E-state index contributed by atoms with van der Waals surface area (Å²) < 4.78 is 5.24. The Balaban J connectivity index is 2.22. The van der Waals surface area contributed by atoms with Crippen molar-refractivity contribution >= 4 is 11.6 Å². The van der Waals surface area contributed by atoms with Gasteiger partial charge in [-0.05, 0) is 32.0 Å². The number of aryl methyl sites for hydroxylation is 1. The Kier molecular flexibility index (Phi) is 3.48. The van der Waals surface area contributed by atoms with Gasteiger partial charge in [0, 0.05) is 11.3 Å². The lowest BCUT2D eigenvalue weighted by atomic mass is 10.1. The Morgan fingerprint density at radius 3 is 2.61 bits per heavy atom. The molecular formula is C14H15NO3. The predicted octanol–water partition coefficient (Wildman–Crippen LogP) is 2.89. The number of amides is 1. The molecule has 4 nitrogen and oxygen atoms in total. The molecule has 0 bridgehead atoms. The van der Waals surface area contributed by atoms with Gasteiger partial charge >= 0.3 is 0 Å². The van der Waals surface area contributed by atoms with E-state index in [1.165, 1.54) is 0 Å². The Hall–Kier alpha value is -2.07. The number of aliphatic hydroxyl groups excluding tert-OH is 1. The van der Waals surface area contributed by atoms with E-state index in [9.17, 15) is 9.90 Å². The van der Waals surface area contributed by atoms with Crippen LogP contribution in [0.15, 0.2) is 40.8 Å². The zero-order valence-corrected chi connectivity index (χ0v) is 10.3. The van der Waals surface area contributed by atoms with E-state index in [1.54, 1.807) is 44.2 Å². The van der Waals surface area contributed by atoms with Crippen LogP contribution in [0.1, 0.15) is 34.9 Å². The predicted molar refractivity (Wildman–Crippen MR) is 68.5 cm³/mol. The largest absolute Gasteiger partial charge is 0.456 e. The SMILES string of the molecule is Cc1ccc(C(=O)Nc2ccccc2C(C)O)o1. The van der Waals surface area contributed by atoms with Crippen molar-refractivity contribution in [2.45, 2.75) is 20.0 Å². The number of carbonyl (C=O) groups excluding carboxylic acids is 1. The number of hydrogen-bond donors (Lipinski definition) is 2. The number of benzene rings is 1. The molecular weight excluding hydrogens is 230 g/mol. The lowest BCUT2D eigenvalue weighted by molar-refractivity contribution is 0.0995. The van der Waals surface area contributed by atoms with Gasteiger partial charge in [-0.2, -0.15) is 0 Å².